The van der Waals surface area contributed by atoms with E-state index in [0.717, 1.165) is 75.5 Å². The van der Waals surface area contributed by atoms with Gasteiger partial charge in [0.25, 0.3) is 6.71 Å². The molecule has 0 N–H and O–H groups in total. The molecule has 75 heavy (non-hydrogen) atoms. The molecule has 0 bridgehead atoms. The van der Waals surface area contributed by atoms with Crippen LogP contribution in [0.2, 0.25) is 0 Å². The molecule has 0 spiro atoms. The number of benzene rings is 8. The predicted octanol–water partition coefficient (Wildman–Crippen LogP) is 17.6. The van der Waals surface area contributed by atoms with Gasteiger partial charge in [0.1, 0.15) is 0 Å². The second kappa shape index (κ2) is 15.8. The number of hydrogen-bond acceptors (Lipinski definition) is 2. The molecular formula is C72H75BN2. The number of nitrogens with zero attached hydrogens (tertiary/aromatic N) is 2. The van der Waals surface area contributed by atoms with Crippen LogP contribution in [0.5, 0.6) is 0 Å². The highest BCUT2D eigenvalue weighted by atomic mass is 15.2. The normalized spacial score (nSPS) is 19.1. The van der Waals surface area contributed by atoms with Gasteiger partial charge in [0.05, 0.1) is 5.69 Å². The number of rotatable bonds is 4. The smallest absolute Gasteiger partial charge is 0.252 e. The summed E-state index contributed by atoms with van der Waals surface area (Å²) in [5.41, 5.74) is 27.5. The third-order valence-electron chi connectivity index (χ3n) is 19.1. The minimum atomic E-state index is -2.41. The SMILES string of the molecule is [2H]C([2H])([2H])c1cc2c3c(c1)N(c1ccc(C(C)(C)C)cc1-c1ccccc1)c1cc4c(cc1B3c1ccc(-c3cccc5c3-c3ccccc3C5(C)C)cc1N2c1cc2c(cc1C)C(C)(C)CC2(C)C)C(C)(C)CCC4(C)C. The number of anilines is 6. The maximum absolute atomic E-state index is 9.40. The number of hydrogen-bond donors (Lipinski definition) is 0. The summed E-state index contributed by atoms with van der Waals surface area (Å²) in [6.45, 7) is 30.5. The molecule has 0 fully saturated rings. The molecule has 0 aromatic heterocycles. The van der Waals surface area contributed by atoms with Crippen molar-refractivity contribution in [2.75, 3.05) is 9.80 Å². The van der Waals surface area contributed by atoms with Crippen molar-refractivity contribution in [1.29, 1.82) is 0 Å². The molecule has 13 rings (SSSR count). The van der Waals surface area contributed by atoms with Crippen LogP contribution in [0.15, 0.2) is 146 Å². The first-order chi connectivity index (χ1) is 36.6. The highest BCUT2D eigenvalue weighted by Crippen LogP contribution is 2.57. The topological polar surface area (TPSA) is 6.48 Å². The van der Waals surface area contributed by atoms with Gasteiger partial charge in [0.2, 0.25) is 0 Å². The lowest BCUT2D eigenvalue weighted by atomic mass is 9.33. The summed E-state index contributed by atoms with van der Waals surface area (Å²) >= 11 is 0. The van der Waals surface area contributed by atoms with Crippen molar-refractivity contribution in [3.63, 3.8) is 0 Å². The summed E-state index contributed by atoms with van der Waals surface area (Å²) in [7, 11) is 0. The fourth-order valence-corrected chi connectivity index (χ4v) is 15.1. The van der Waals surface area contributed by atoms with E-state index < -0.39 is 6.85 Å². The van der Waals surface area contributed by atoms with Crippen LogP contribution >= 0.6 is 0 Å². The number of aryl methyl sites for hydroxylation is 2. The van der Waals surface area contributed by atoms with Gasteiger partial charge in [-0.15, -0.1) is 0 Å². The standard InChI is InChI=1S/C72H75BN2/c1-43-34-63-66-64(35-43)75(60-40-56-53(36-44(60)2)70(10,11)42-71(56,12)13)61-37-46(48-25-21-27-52-65(48)49-24-19-20-26-51(49)72(52,14)15)28-30-57(61)73(66)58-39-54-55(69(8,9)33-32-68(54,6)7)41-62(58)74(63)59-31-29-47(67(3,4)5)38-50(59)45-22-17-16-18-23-45/h16-31,34-41H,32-33,42H2,1-15H3/i1D3. The fourth-order valence-electron chi connectivity index (χ4n) is 15.1. The molecule has 8 aromatic carbocycles. The van der Waals surface area contributed by atoms with Crippen molar-refractivity contribution in [3.8, 4) is 33.4 Å². The van der Waals surface area contributed by atoms with Gasteiger partial charge in [-0.2, -0.15) is 0 Å². The van der Waals surface area contributed by atoms with Crippen LogP contribution in [0.1, 0.15) is 163 Å². The lowest BCUT2D eigenvalue weighted by Gasteiger charge is -2.48. The van der Waals surface area contributed by atoms with Crippen LogP contribution in [0.3, 0.4) is 0 Å². The van der Waals surface area contributed by atoms with E-state index in [0.29, 0.717) is 5.56 Å². The van der Waals surface area contributed by atoms with E-state index in [4.69, 9.17) is 0 Å². The molecule has 0 unspecified atom stereocenters. The van der Waals surface area contributed by atoms with Gasteiger partial charge in [0.15, 0.2) is 0 Å². The Morgan fingerprint density at radius 3 is 1.73 bits per heavy atom. The molecule has 376 valence electrons. The third kappa shape index (κ3) is 6.97. The molecule has 3 heteroatoms. The molecule has 0 atom stereocenters. The zero-order valence-corrected chi connectivity index (χ0v) is 46.9. The van der Waals surface area contributed by atoms with Crippen molar-refractivity contribution in [2.45, 2.75) is 156 Å². The summed E-state index contributed by atoms with van der Waals surface area (Å²) in [6.07, 6.45) is 3.22. The molecule has 0 saturated carbocycles. The van der Waals surface area contributed by atoms with Crippen LogP contribution in [0.4, 0.5) is 34.1 Å². The van der Waals surface area contributed by atoms with Gasteiger partial charge in [0, 0.05) is 43.5 Å². The van der Waals surface area contributed by atoms with E-state index >= 15 is 0 Å². The summed E-state index contributed by atoms with van der Waals surface area (Å²) in [4.78, 5) is 4.98. The Balaban J connectivity index is 1.18. The van der Waals surface area contributed by atoms with E-state index in [1.165, 1.54) is 72.1 Å². The minimum Gasteiger partial charge on any atom is -0.311 e. The van der Waals surface area contributed by atoms with Gasteiger partial charge >= 0.3 is 0 Å². The summed E-state index contributed by atoms with van der Waals surface area (Å²) < 4.78 is 28.2. The molecule has 2 nitrogen and oxygen atoms in total. The Labute approximate surface area is 453 Å². The first-order valence-corrected chi connectivity index (χ1v) is 27.8. The maximum Gasteiger partial charge on any atom is 0.252 e. The van der Waals surface area contributed by atoms with E-state index in [1.807, 2.05) is 12.1 Å². The highest BCUT2D eigenvalue weighted by molar-refractivity contribution is 7.00. The second-order valence-electron chi connectivity index (χ2n) is 27.4. The first-order valence-electron chi connectivity index (χ1n) is 29.3. The zero-order chi connectivity index (χ0) is 55.2. The Morgan fingerprint density at radius 1 is 0.453 bits per heavy atom. The van der Waals surface area contributed by atoms with E-state index in [9.17, 15) is 4.11 Å². The van der Waals surface area contributed by atoms with Gasteiger partial charge in [-0.1, -0.05) is 193 Å². The lowest BCUT2D eigenvalue weighted by molar-refractivity contribution is 0.332. The van der Waals surface area contributed by atoms with Crippen LogP contribution in [-0.4, -0.2) is 6.71 Å². The molecular weight excluding hydrogens is 904 g/mol. The lowest BCUT2D eigenvalue weighted by Crippen LogP contribution is -2.62. The van der Waals surface area contributed by atoms with Crippen LogP contribution in [0, 0.1) is 13.8 Å². The highest BCUT2D eigenvalue weighted by Gasteiger charge is 2.49. The molecule has 0 amide bonds. The van der Waals surface area contributed by atoms with Crippen molar-refractivity contribution < 1.29 is 4.11 Å². The van der Waals surface area contributed by atoms with E-state index in [-0.39, 0.29) is 39.2 Å². The first kappa shape index (κ1) is 44.7. The predicted molar refractivity (Wildman–Crippen MR) is 323 cm³/mol. The monoisotopic (exact) mass is 982 g/mol. The fraction of sp³-hybridized carbons (Fsp3) is 0.333. The average Bonchev–Trinajstić information content (AvgIpc) is 3.19. The molecule has 8 aromatic rings. The van der Waals surface area contributed by atoms with Crippen LogP contribution in [-0.2, 0) is 32.5 Å². The van der Waals surface area contributed by atoms with Crippen LogP contribution in [0.25, 0.3) is 33.4 Å². The molecule has 2 aliphatic heterocycles. The summed E-state index contributed by atoms with van der Waals surface area (Å²) in [5, 5.41) is 0. The third-order valence-corrected chi connectivity index (χ3v) is 19.1. The van der Waals surface area contributed by atoms with Gasteiger partial charge in [-0.05, 0) is 197 Å². The van der Waals surface area contributed by atoms with E-state index in [1.54, 1.807) is 0 Å². The van der Waals surface area contributed by atoms with Crippen molar-refractivity contribution in [2.24, 2.45) is 0 Å². The second-order valence-corrected chi connectivity index (χ2v) is 27.4. The molecule has 2 heterocycles. The quantitative estimate of drug-likeness (QED) is 0.162. The van der Waals surface area contributed by atoms with Crippen molar-refractivity contribution in [1.82, 2.24) is 0 Å². The van der Waals surface area contributed by atoms with E-state index in [2.05, 4.69) is 240 Å². The molecule has 0 radical (unpaired) electrons. The van der Waals surface area contributed by atoms with Crippen LogP contribution < -0.4 is 26.2 Å². The summed E-state index contributed by atoms with van der Waals surface area (Å²) in [6, 6.07) is 55.1. The Morgan fingerprint density at radius 2 is 1.04 bits per heavy atom. The molecule has 5 aliphatic rings. The Hall–Kier alpha value is -6.58. The van der Waals surface area contributed by atoms with Crippen molar-refractivity contribution >= 4 is 57.2 Å². The molecule has 3 aliphatic carbocycles. The zero-order valence-electron chi connectivity index (χ0n) is 49.9. The minimum absolute atomic E-state index is 0.00296. The van der Waals surface area contributed by atoms with Gasteiger partial charge in [-0.3, -0.25) is 0 Å². The average molecular weight is 982 g/mol. The van der Waals surface area contributed by atoms with Gasteiger partial charge in [-0.25, -0.2) is 0 Å². The maximum atomic E-state index is 9.40. The Bertz CT molecular complexity index is 3860. The molecule has 0 saturated heterocycles. The summed E-state index contributed by atoms with van der Waals surface area (Å²) in [5.74, 6) is 0. The largest absolute Gasteiger partial charge is 0.311 e. The van der Waals surface area contributed by atoms with Crippen molar-refractivity contribution in [3.05, 3.63) is 196 Å². The van der Waals surface area contributed by atoms with Gasteiger partial charge < -0.3 is 9.80 Å². The number of fused-ring (bicyclic) bond motifs is 9. The Kier molecular flexibility index (Phi) is 9.39.